The van der Waals surface area contributed by atoms with Crippen LogP contribution in [-0.4, -0.2) is 48.9 Å². The molecule has 0 aromatic heterocycles. The highest BCUT2D eigenvalue weighted by atomic mass is 19.4. The van der Waals surface area contributed by atoms with Crippen molar-refractivity contribution in [3.8, 4) is 0 Å². The fourth-order valence-electron chi connectivity index (χ4n) is 3.00. The summed E-state index contributed by atoms with van der Waals surface area (Å²) in [4.78, 5) is 16.9. The van der Waals surface area contributed by atoms with Gasteiger partial charge in [-0.15, -0.1) is 0 Å². The predicted octanol–water partition coefficient (Wildman–Crippen LogP) is 3.71. The number of anilines is 1. The lowest BCUT2D eigenvalue weighted by Crippen LogP contribution is -2.43. The monoisotopic (exact) mass is 377 g/mol. The number of rotatable bonds is 4. The van der Waals surface area contributed by atoms with Crippen LogP contribution in [0.5, 0.6) is 0 Å². The van der Waals surface area contributed by atoms with Gasteiger partial charge in [0.05, 0.1) is 5.56 Å². The van der Waals surface area contributed by atoms with Gasteiger partial charge in [-0.2, -0.15) is 13.2 Å². The molecule has 1 aliphatic rings. The van der Waals surface area contributed by atoms with Crippen LogP contribution in [0, 0.1) is 0 Å². The first-order chi connectivity index (χ1) is 12.8. The summed E-state index contributed by atoms with van der Waals surface area (Å²) in [5.74, 6) is -0.562. The van der Waals surface area contributed by atoms with Gasteiger partial charge in [-0.25, -0.2) is 0 Å². The van der Waals surface area contributed by atoms with Gasteiger partial charge in [0.2, 0.25) is 0 Å². The van der Waals surface area contributed by atoms with Gasteiger partial charge in [0.15, 0.2) is 0 Å². The van der Waals surface area contributed by atoms with E-state index in [-0.39, 0.29) is 5.56 Å². The molecule has 0 bridgehead atoms. The van der Waals surface area contributed by atoms with Crippen molar-refractivity contribution in [3.63, 3.8) is 0 Å². The predicted molar refractivity (Wildman–Crippen MR) is 98.6 cm³/mol. The molecular weight excluding hydrogens is 355 g/mol. The van der Waals surface area contributed by atoms with E-state index < -0.39 is 17.6 Å². The summed E-state index contributed by atoms with van der Waals surface area (Å²) in [5, 5.41) is 2.65. The van der Waals surface area contributed by atoms with Gasteiger partial charge in [-0.1, -0.05) is 18.2 Å². The number of nitrogens with one attached hydrogen (secondary N) is 1. The zero-order chi connectivity index (χ0) is 19.4. The van der Waals surface area contributed by atoms with Crippen molar-refractivity contribution >= 4 is 11.6 Å². The molecule has 0 radical (unpaired) electrons. The van der Waals surface area contributed by atoms with E-state index in [9.17, 15) is 18.0 Å². The Bertz CT molecular complexity index is 782. The Kier molecular flexibility index (Phi) is 5.82. The second-order valence-corrected chi connectivity index (χ2v) is 6.81. The van der Waals surface area contributed by atoms with Crippen molar-refractivity contribution in [3.05, 3.63) is 65.2 Å². The standard InChI is InChI=1S/C20H22F3N3O/c1-25-9-11-26(12-10-25)14-15-5-7-18(8-6-15)24-19(27)16-3-2-4-17(13-16)20(21,22)23/h2-8,13H,9-12,14H2,1H3,(H,24,27). The van der Waals surface area contributed by atoms with E-state index in [0.29, 0.717) is 5.69 Å². The molecule has 1 saturated heterocycles. The normalized spacial score (nSPS) is 16.3. The summed E-state index contributed by atoms with van der Waals surface area (Å²) in [6.07, 6.45) is -4.47. The van der Waals surface area contributed by atoms with Crippen molar-refractivity contribution in [2.24, 2.45) is 0 Å². The van der Waals surface area contributed by atoms with Crippen molar-refractivity contribution in [1.82, 2.24) is 9.80 Å². The van der Waals surface area contributed by atoms with Gasteiger partial charge in [0.25, 0.3) is 5.91 Å². The number of hydrogen-bond acceptors (Lipinski definition) is 3. The Balaban J connectivity index is 1.60. The Labute approximate surface area is 156 Å². The maximum Gasteiger partial charge on any atom is 0.416 e. The number of benzene rings is 2. The minimum Gasteiger partial charge on any atom is -0.322 e. The van der Waals surface area contributed by atoms with Gasteiger partial charge < -0.3 is 10.2 Å². The quantitative estimate of drug-likeness (QED) is 0.883. The summed E-state index contributed by atoms with van der Waals surface area (Å²) in [6.45, 7) is 4.97. The number of alkyl halides is 3. The SMILES string of the molecule is CN1CCN(Cc2ccc(NC(=O)c3cccc(C(F)(F)F)c3)cc2)CC1. The van der Waals surface area contributed by atoms with Crippen molar-refractivity contribution in [2.45, 2.75) is 12.7 Å². The van der Waals surface area contributed by atoms with Crippen LogP contribution in [0.4, 0.5) is 18.9 Å². The third-order valence-corrected chi connectivity index (χ3v) is 4.67. The molecule has 0 aliphatic carbocycles. The number of carbonyl (C=O) groups excluding carboxylic acids is 1. The van der Waals surface area contributed by atoms with E-state index in [1.54, 1.807) is 12.1 Å². The molecule has 0 spiro atoms. The fraction of sp³-hybridized carbons (Fsp3) is 0.350. The maximum atomic E-state index is 12.8. The lowest BCUT2D eigenvalue weighted by molar-refractivity contribution is -0.137. The van der Waals surface area contributed by atoms with Gasteiger partial charge in [-0.3, -0.25) is 9.69 Å². The fourth-order valence-corrected chi connectivity index (χ4v) is 3.00. The molecular formula is C20H22F3N3O. The lowest BCUT2D eigenvalue weighted by Gasteiger charge is -2.32. The Morgan fingerprint density at radius 3 is 2.33 bits per heavy atom. The second kappa shape index (κ2) is 8.10. The van der Waals surface area contributed by atoms with E-state index in [4.69, 9.17) is 0 Å². The third kappa shape index (κ3) is 5.30. The number of amides is 1. The average molecular weight is 377 g/mol. The Morgan fingerprint density at radius 2 is 1.70 bits per heavy atom. The molecule has 4 nitrogen and oxygen atoms in total. The molecule has 27 heavy (non-hydrogen) atoms. The number of carbonyl (C=O) groups is 1. The first kappa shape index (κ1) is 19.4. The molecule has 2 aromatic carbocycles. The number of piperazine rings is 1. The highest BCUT2D eigenvalue weighted by Gasteiger charge is 2.30. The number of halogens is 3. The van der Waals surface area contributed by atoms with E-state index in [1.807, 2.05) is 12.1 Å². The summed E-state index contributed by atoms with van der Waals surface area (Å²) in [5.41, 5.74) is 0.833. The first-order valence-corrected chi connectivity index (χ1v) is 8.80. The number of hydrogen-bond donors (Lipinski definition) is 1. The molecule has 1 fully saturated rings. The maximum absolute atomic E-state index is 12.8. The van der Waals surface area contributed by atoms with Crippen molar-refractivity contribution < 1.29 is 18.0 Å². The molecule has 7 heteroatoms. The molecule has 1 heterocycles. The van der Waals surface area contributed by atoms with Crippen LogP contribution in [0.2, 0.25) is 0 Å². The van der Waals surface area contributed by atoms with Crippen molar-refractivity contribution in [1.29, 1.82) is 0 Å². The summed E-state index contributed by atoms with van der Waals surface area (Å²) in [6, 6.07) is 11.8. The highest BCUT2D eigenvalue weighted by Crippen LogP contribution is 2.29. The molecule has 2 aromatic rings. The average Bonchev–Trinajstić information content (AvgIpc) is 2.64. The van der Waals surface area contributed by atoms with Crippen LogP contribution in [0.1, 0.15) is 21.5 Å². The van der Waals surface area contributed by atoms with Crippen LogP contribution >= 0.6 is 0 Å². The van der Waals surface area contributed by atoms with E-state index in [1.165, 1.54) is 12.1 Å². The zero-order valence-electron chi connectivity index (χ0n) is 15.1. The molecule has 1 N–H and O–H groups in total. The Hall–Kier alpha value is -2.38. The summed E-state index contributed by atoms with van der Waals surface area (Å²) >= 11 is 0. The minimum atomic E-state index is -4.47. The zero-order valence-corrected chi connectivity index (χ0v) is 15.1. The minimum absolute atomic E-state index is 0.0219. The molecule has 144 valence electrons. The van der Waals surface area contributed by atoms with Crippen LogP contribution in [-0.2, 0) is 12.7 Å². The molecule has 1 aliphatic heterocycles. The van der Waals surface area contributed by atoms with Gasteiger partial charge >= 0.3 is 6.18 Å². The van der Waals surface area contributed by atoms with Gasteiger partial charge in [0, 0.05) is 44.0 Å². The van der Waals surface area contributed by atoms with Crippen LogP contribution < -0.4 is 5.32 Å². The van der Waals surface area contributed by atoms with Crippen molar-refractivity contribution in [2.75, 3.05) is 38.5 Å². The first-order valence-electron chi connectivity index (χ1n) is 8.80. The van der Waals surface area contributed by atoms with Crippen LogP contribution in [0.25, 0.3) is 0 Å². The van der Waals surface area contributed by atoms with E-state index >= 15 is 0 Å². The number of nitrogens with zero attached hydrogens (tertiary/aromatic N) is 2. The third-order valence-electron chi connectivity index (χ3n) is 4.67. The molecule has 0 unspecified atom stereocenters. The second-order valence-electron chi connectivity index (χ2n) is 6.81. The smallest absolute Gasteiger partial charge is 0.322 e. The number of likely N-dealkylation sites (N-methyl/N-ethyl adjacent to an activating group) is 1. The van der Waals surface area contributed by atoms with Crippen LogP contribution in [0.3, 0.4) is 0 Å². The van der Waals surface area contributed by atoms with Crippen LogP contribution in [0.15, 0.2) is 48.5 Å². The van der Waals surface area contributed by atoms with E-state index in [2.05, 4.69) is 22.2 Å². The summed E-state index contributed by atoms with van der Waals surface area (Å²) < 4.78 is 38.3. The highest BCUT2D eigenvalue weighted by molar-refractivity contribution is 6.04. The topological polar surface area (TPSA) is 35.6 Å². The Morgan fingerprint density at radius 1 is 1.04 bits per heavy atom. The molecule has 0 atom stereocenters. The van der Waals surface area contributed by atoms with E-state index in [0.717, 1.165) is 50.4 Å². The van der Waals surface area contributed by atoms with Gasteiger partial charge in [0.1, 0.15) is 0 Å². The molecule has 3 rings (SSSR count). The largest absolute Gasteiger partial charge is 0.416 e. The van der Waals surface area contributed by atoms with Gasteiger partial charge in [-0.05, 0) is 42.9 Å². The molecule has 0 saturated carbocycles. The molecule has 1 amide bonds. The summed E-state index contributed by atoms with van der Waals surface area (Å²) in [7, 11) is 2.11. The lowest BCUT2D eigenvalue weighted by atomic mass is 10.1.